The van der Waals surface area contributed by atoms with Gasteiger partial charge in [-0.1, -0.05) is 0 Å². The number of ether oxygens (including phenoxy) is 2. The number of furan rings is 1. The van der Waals surface area contributed by atoms with Crippen molar-refractivity contribution in [3.8, 4) is 11.5 Å². The lowest BCUT2D eigenvalue weighted by atomic mass is 10.1. The Kier molecular flexibility index (Phi) is 4.57. The molecule has 25 heavy (non-hydrogen) atoms. The zero-order valence-electron chi connectivity index (χ0n) is 13.7. The van der Waals surface area contributed by atoms with Crippen LogP contribution < -0.4 is 25.6 Å². The summed E-state index contributed by atoms with van der Waals surface area (Å²) < 4.78 is 21.9. The van der Waals surface area contributed by atoms with E-state index in [-0.39, 0.29) is 22.0 Å². The van der Waals surface area contributed by atoms with Crippen molar-refractivity contribution in [3.63, 3.8) is 0 Å². The zero-order chi connectivity index (χ0) is 18.0. The lowest BCUT2D eigenvalue weighted by Gasteiger charge is -2.10. The molecule has 0 atom stereocenters. The van der Waals surface area contributed by atoms with E-state index in [9.17, 15) is 4.79 Å². The number of hydrogen-bond acceptors (Lipinski definition) is 7. The molecule has 0 radical (unpaired) electrons. The standard InChI is InChI=1S/C16H15N3O5S/c1-17-16(25)19-18-6-8-7-24-14-10(11(8)20)12(21-2)9-4-5-23-13(9)15(14)22-3/h4-7H,1-3H3,(H2,17,19,25)/b18-6+. The van der Waals surface area contributed by atoms with E-state index in [4.69, 9.17) is 30.5 Å². The van der Waals surface area contributed by atoms with Crippen molar-refractivity contribution < 1.29 is 18.3 Å². The number of nitrogens with zero attached hydrogens (tertiary/aromatic N) is 1. The molecular formula is C16H15N3O5S. The summed E-state index contributed by atoms with van der Waals surface area (Å²) in [5.41, 5.74) is 3.16. The molecule has 1 aromatic carbocycles. The number of nitrogens with one attached hydrogen (secondary N) is 2. The summed E-state index contributed by atoms with van der Waals surface area (Å²) in [7, 11) is 4.60. The van der Waals surface area contributed by atoms with E-state index in [0.29, 0.717) is 27.6 Å². The molecule has 0 unspecified atom stereocenters. The largest absolute Gasteiger partial charge is 0.495 e. The van der Waals surface area contributed by atoms with Gasteiger partial charge in [0.25, 0.3) is 0 Å². The highest BCUT2D eigenvalue weighted by molar-refractivity contribution is 7.80. The maximum absolute atomic E-state index is 12.9. The molecule has 0 aliphatic rings. The normalized spacial score (nSPS) is 11.2. The summed E-state index contributed by atoms with van der Waals surface area (Å²) in [5.74, 6) is 0.674. The van der Waals surface area contributed by atoms with Crippen LogP contribution in [0.5, 0.6) is 11.5 Å². The van der Waals surface area contributed by atoms with Gasteiger partial charge in [0.15, 0.2) is 16.3 Å². The minimum Gasteiger partial charge on any atom is -0.495 e. The number of fused-ring (bicyclic) bond motifs is 2. The first-order valence-electron chi connectivity index (χ1n) is 7.19. The molecule has 9 heteroatoms. The molecular weight excluding hydrogens is 346 g/mol. The average molecular weight is 361 g/mol. The fourth-order valence-electron chi connectivity index (χ4n) is 2.46. The molecule has 0 fully saturated rings. The van der Waals surface area contributed by atoms with Crippen LogP contribution in [0.2, 0.25) is 0 Å². The fraction of sp³-hybridized carbons (Fsp3) is 0.188. The minimum absolute atomic E-state index is 0.224. The molecule has 0 saturated heterocycles. The Morgan fingerprint density at radius 1 is 1.24 bits per heavy atom. The van der Waals surface area contributed by atoms with Gasteiger partial charge in [0.2, 0.25) is 11.2 Å². The molecule has 0 spiro atoms. The van der Waals surface area contributed by atoms with E-state index in [1.807, 2.05) is 0 Å². The van der Waals surface area contributed by atoms with E-state index in [0.717, 1.165) is 0 Å². The molecule has 0 saturated carbocycles. The second kappa shape index (κ2) is 6.81. The van der Waals surface area contributed by atoms with Crippen LogP contribution in [0.3, 0.4) is 0 Å². The van der Waals surface area contributed by atoms with Gasteiger partial charge in [-0.3, -0.25) is 10.2 Å². The molecule has 3 rings (SSSR count). The molecule has 2 heterocycles. The van der Waals surface area contributed by atoms with E-state index < -0.39 is 0 Å². The van der Waals surface area contributed by atoms with E-state index in [1.54, 1.807) is 13.1 Å². The molecule has 8 nitrogen and oxygen atoms in total. The highest BCUT2D eigenvalue weighted by Gasteiger charge is 2.22. The molecule has 3 aromatic rings. The summed E-state index contributed by atoms with van der Waals surface area (Å²) in [6, 6.07) is 1.70. The van der Waals surface area contributed by atoms with Gasteiger partial charge >= 0.3 is 0 Å². The van der Waals surface area contributed by atoms with Crippen molar-refractivity contribution >= 4 is 45.5 Å². The summed E-state index contributed by atoms with van der Waals surface area (Å²) in [5, 5.41) is 7.78. The van der Waals surface area contributed by atoms with Crippen LogP contribution in [0.15, 0.2) is 37.3 Å². The Labute approximate surface area is 147 Å². The summed E-state index contributed by atoms with van der Waals surface area (Å²) >= 11 is 4.91. The van der Waals surface area contributed by atoms with Crippen molar-refractivity contribution in [2.45, 2.75) is 0 Å². The second-order valence-corrected chi connectivity index (χ2v) is 5.31. The Hall–Kier alpha value is -3.07. The molecule has 0 aliphatic heterocycles. The third-order valence-electron chi connectivity index (χ3n) is 3.57. The van der Waals surface area contributed by atoms with E-state index in [1.165, 1.54) is 33.0 Å². The first-order chi connectivity index (χ1) is 12.1. The smallest absolute Gasteiger partial charge is 0.206 e. The Morgan fingerprint density at radius 2 is 2.00 bits per heavy atom. The van der Waals surface area contributed by atoms with Gasteiger partial charge < -0.3 is 23.6 Å². The summed E-state index contributed by atoms with van der Waals surface area (Å²) in [6.45, 7) is 0. The van der Waals surface area contributed by atoms with Gasteiger partial charge in [-0.15, -0.1) is 0 Å². The Bertz CT molecular complexity index is 1040. The molecule has 0 aliphatic carbocycles. The monoisotopic (exact) mass is 361 g/mol. The van der Waals surface area contributed by atoms with Gasteiger partial charge in [0.05, 0.1) is 37.6 Å². The van der Waals surface area contributed by atoms with Crippen LogP contribution in [0.25, 0.3) is 21.9 Å². The SMILES string of the molecule is CNC(=S)N/N=C/c1coc2c(OC)c3occc3c(OC)c2c1=O. The average Bonchev–Trinajstić information content (AvgIpc) is 3.10. The number of hydrazone groups is 1. The fourth-order valence-corrected chi connectivity index (χ4v) is 2.51. The third-order valence-corrected chi connectivity index (χ3v) is 3.87. The highest BCUT2D eigenvalue weighted by atomic mass is 32.1. The van der Waals surface area contributed by atoms with Gasteiger partial charge in [-0.05, 0) is 18.3 Å². The van der Waals surface area contributed by atoms with Crippen molar-refractivity contribution in [2.75, 3.05) is 21.3 Å². The Morgan fingerprint density at radius 3 is 2.68 bits per heavy atom. The first kappa shape index (κ1) is 16.8. The quantitative estimate of drug-likeness (QED) is 0.414. The molecule has 2 N–H and O–H groups in total. The van der Waals surface area contributed by atoms with Crippen LogP contribution in [0, 0.1) is 0 Å². The predicted molar refractivity (Wildman–Crippen MR) is 97.7 cm³/mol. The molecule has 130 valence electrons. The van der Waals surface area contributed by atoms with Gasteiger partial charge in [-0.25, -0.2) is 0 Å². The summed E-state index contributed by atoms with van der Waals surface area (Å²) in [6.07, 6.45) is 4.10. The number of methoxy groups -OCH3 is 2. The zero-order valence-corrected chi connectivity index (χ0v) is 14.5. The van der Waals surface area contributed by atoms with Crippen LogP contribution in [-0.4, -0.2) is 32.6 Å². The van der Waals surface area contributed by atoms with Crippen molar-refractivity contribution in [2.24, 2.45) is 5.10 Å². The number of rotatable bonds is 4. The number of hydrogen-bond donors (Lipinski definition) is 2. The number of benzene rings is 1. The van der Waals surface area contributed by atoms with Crippen LogP contribution in [-0.2, 0) is 0 Å². The van der Waals surface area contributed by atoms with E-state index in [2.05, 4.69) is 15.8 Å². The van der Waals surface area contributed by atoms with Crippen LogP contribution in [0.1, 0.15) is 5.56 Å². The van der Waals surface area contributed by atoms with Crippen LogP contribution in [0.4, 0.5) is 0 Å². The molecule has 2 aromatic heterocycles. The summed E-state index contributed by atoms with van der Waals surface area (Å²) in [4.78, 5) is 12.9. The van der Waals surface area contributed by atoms with Gasteiger partial charge in [0, 0.05) is 7.05 Å². The minimum atomic E-state index is -0.319. The van der Waals surface area contributed by atoms with Gasteiger partial charge in [-0.2, -0.15) is 5.10 Å². The predicted octanol–water partition coefficient (Wildman–Crippen LogP) is 1.98. The van der Waals surface area contributed by atoms with Crippen molar-refractivity contribution in [1.82, 2.24) is 10.7 Å². The van der Waals surface area contributed by atoms with Crippen LogP contribution >= 0.6 is 12.2 Å². The third kappa shape index (κ3) is 2.78. The maximum Gasteiger partial charge on any atom is 0.206 e. The Balaban J connectivity index is 2.25. The van der Waals surface area contributed by atoms with Crippen molar-refractivity contribution in [3.05, 3.63) is 34.4 Å². The highest BCUT2D eigenvalue weighted by Crippen LogP contribution is 2.41. The second-order valence-electron chi connectivity index (χ2n) is 4.90. The van der Waals surface area contributed by atoms with Gasteiger partial charge in [0.1, 0.15) is 17.4 Å². The number of thiocarbonyl (C=S) groups is 1. The lowest BCUT2D eigenvalue weighted by Crippen LogP contribution is -2.28. The van der Waals surface area contributed by atoms with E-state index >= 15 is 0 Å². The topological polar surface area (TPSA) is 98.2 Å². The van der Waals surface area contributed by atoms with Crippen molar-refractivity contribution in [1.29, 1.82) is 0 Å². The molecule has 0 amide bonds. The molecule has 0 bridgehead atoms. The lowest BCUT2D eigenvalue weighted by molar-refractivity contribution is 0.400. The maximum atomic E-state index is 12.9. The first-order valence-corrected chi connectivity index (χ1v) is 7.60.